The Morgan fingerprint density at radius 3 is 1.58 bits per heavy atom. The Bertz CT molecular complexity index is 3050. The van der Waals surface area contributed by atoms with E-state index in [-0.39, 0.29) is 0 Å². The maximum Gasteiger partial charge on any atom is 0.135 e. The standard InChI is InChI=1S/C48H32N2O.C2H6/c1-3-11-31(4-2)32-18-22-35(23-19-32)49-43-15-8-5-12-37(43)40-28-33(20-25-45(40)49)34-21-26-46-41(29-34)38-13-6-9-16-44(38)50(46)36-24-27-48-42(30-36)39-14-7-10-17-47(39)51-48;1-2/h3-30H,1-2H2;1-2H3/b31-11+;. The molecule has 0 amide bonds. The van der Waals surface area contributed by atoms with E-state index in [4.69, 9.17) is 4.42 Å². The first kappa shape index (κ1) is 32.1. The van der Waals surface area contributed by atoms with Crippen LogP contribution >= 0.6 is 0 Å². The second kappa shape index (κ2) is 13.0. The van der Waals surface area contributed by atoms with E-state index in [1.165, 1.54) is 54.7 Å². The van der Waals surface area contributed by atoms with Gasteiger partial charge in [0.05, 0.1) is 22.1 Å². The molecule has 53 heavy (non-hydrogen) atoms. The lowest BCUT2D eigenvalue weighted by atomic mass is 10.0. The molecule has 254 valence electrons. The highest BCUT2D eigenvalue weighted by Crippen LogP contribution is 2.39. The van der Waals surface area contributed by atoms with Gasteiger partial charge in [0.2, 0.25) is 0 Å². The molecule has 10 rings (SSSR count). The number of allylic oxidation sites excluding steroid dienone is 4. The lowest BCUT2D eigenvalue weighted by Gasteiger charge is -2.10. The van der Waals surface area contributed by atoms with Gasteiger partial charge in [0.1, 0.15) is 11.2 Å². The van der Waals surface area contributed by atoms with Crippen molar-refractivity contribution < 1.29 is 4.42 Å². The van der Waals surface area contributed by atoms with Crippen LogP contribution < -0.4 is 0 Å². The summed E-state index contributed by atoms with van der Waals surface area (Å²) in [6.07, 6.45) is 5.66. The molecule has 0 fully saturated rings. The quantitative estimate of drug-likeness (QED) is 0.160. The Hall–Kier alpha value is -6.84. The summed E-state index contributed by atoms with van der Waals surface area (Å²) in [7, 11) is 0. The van der Waals surface area contributed by atoms with Crippen molar-refractivity contribution >= 4 is 71.1 Å². The highest BCUT2D eigenvalue weighted by Gasteiger charge is 2.17. The second-order valence-electron chi connectivity index (χ2n) is 13.1. The lowest BCUT2D eigenvalue weighted by molar-refractivity contribution is 0.669. The third kappa shape index (κ3) is 5.12. The van der Waals surface area contributed by atoms with Crippen molar-refractivity contribution in [2.75, 3.05) is 0 Å². The van der Waals surface area contributed by atoms with Gasteiger partial charge in [-0.05, 0) is 95.1 Å². The first-order chi connectivity index (χ1) is 26.2. The van der Waals surface area contributed by atoms with E-state index >= 15 is 0 Å². The summed E-state index contributed by atoms with van der Waals surface area (Å²) < 4.78 is 10.9. The third-order valence-electron chi connectivity index (χ3n) is 10.3. The number of fused-ring (bicyclic) bond motifs is 9. The van der Waals surface area contributed by atoms with Crippen LogP contribution in [0.25, 0.3) is 93.6 Å². The zero-order chi connectivity index (χ0) is 36.1. The molecule has 3 heterocycles. The molecular formula is C50H38N2O. The largest absolute Gasteiger partial charge is 0.456 e. The molecule has 3 aromatic heterocycles. The number of para-hydroxylation sites is 3. The monoisotopic (exact) mass is 682 g/mol. The van der Waals surface area contributed by atoms with Crippen LogP contribution in [0.3, 0.4) is 0 Å². The summed E-state index contributed by atoms with van der Waals surface area (Å²) in [5, 5.41) is 7.18. The maximum atomic E-state index is 6.15. The van der Waals surface area contributed by atoms with Crippen molar-refractivity contribution in [2.24, 2.45) is 0 Å². The number of rotatable bonds is 6. The fraction of sp³-hybridized carbons (Fsp3) is 0.0400. The number of benzene rings is 7. The van der Waals surface area contributed by atoms with Crippen molar-refractivity contribution in [3.05, 3.63) is 189 Å². The SMILES string of the molecule is C=C/C=C(\C=C)c1ccc(-n2c3ccccc3c3cc(-c4ccc5c(c4)c4ccccc4n5-c4ccc5oc6ccccc6c5c4)ccc32)cc1.CC. The number of hydrogen-bond donors (Lipinski definition) is 0. The van der Waals surface area contributed by atoms with E-state index < -0.39 is 0 Å². The zero-order valence-electron chi connectivity index (χ0n) is 29.9. The highest BCUT2D eigenvalue weighted by atomic mass is 16.3. The molecule has 10 aromatic rings. The first-order valence-electron chi connectivity index (χ1n) is 18.2. The Balaban J connectivity index is 0.00000183. The van der Waals surface area contributed by atoms with E-state index in [0.717, 1.165) is 44.4 Å². The fourth-order valence-corrected chi connectivity index (χ4v) is 7.93. The molecule has 0 saturated heterocycles. The smallest absolute Gasteiger partial charge is 0.135 e. The van der Waals surface area contributed by atoms with Crippen LogP contribution in [0.2, 0.25) is 0 Å². The van der Waals surface area contributed by atoms with Crippen molar-refractivity contribution in [1.29, 1.82) is 0 Å². The molecular weight excluding hydrogens is 645 g/mol. The Kier molecular flexibility index (Phi) is 7.90. The predicted molar refractivity (Wildman–Crippen MR) is 228 cm³/mol. The molecule has 0 unspecified atom stereocenters. The summed E-state index contributed by atoms with van der Waals surface area (Å²) in [6, 6.07) is 54.6. The van der Waals surface area contributed by atoms with Gasteiger partial charge in [-0.25, -0.2) is 0 Å². The lowest BCUT2D eigenvalue weighted by Crippen LogP contribution is -1.94. The number of furan rings is 1. The van der Waals surface area contributed by atoms with E-state index in [1.54, 1.807) is 6.08 Å². The van der Waals surface area contributed by atoms with Crippen LogP contribution in [0.5, 0.6) is 0 Å². The normalized spacial score (nSPS) is 11.8. The molecule has 0 spiro atoms. The molecule has 0 aliphatic carbocycles. The van der Waals surface area contributed by atoms with Crippen molar-refractivity contribution in [2.45, 2.75) is 13.8 Å². The van der Waals surface area contributed by atoms with Gasteiger partial charge in [0, 0.05) is 43.7 Å². The minimum absolute atomic E-state index is 0.902. The molecule has 0 atom stereocenters. The number of nitrogens with zero attached hydrogens (tertiary/aromatic N) is 2. The number of aromatic nitrogens is 2. The first-order valence-corrected chi connectivity index (χ1v) is 18.2. The molecule has 3 heteroatoms. The average Bonchev–Trinajstić information content (AvgIpc) is 3.87. The molecule has 0 aliphatic rings. The molecule has 0 radical (unpaired) electrons. The van der Waals surface area contributed by atoms with Gasteiger partial charge in [-0.3, -0.25) is 0 Å². The molecule has 0 N–H and O–H groups in total. The molecule has 0 aliphatic heterocycles. The Morgan fingerprint density at radius 2 is 0.981 bits per heavy atom. The molecule has 0 bridgehead atoms. The minimum Gasteiger partial charge on any atom is -0.456 e. The minimum atomic E-state index is 0.902. The maximum absolute atomic E-state index is 6.15. The topological polar surface area (TPSA) is 23.0 Å². The van der Waals surface area contributed by atoms with E-state index in [1.807, 2.05) is 38.1 Å². The summed E-state index contributed by atoms with van der Waals surface area (Å²) in [4.78, 5) is 0. The Labute approximate surface area is 308 Å². The van der Waals surface area contributed by atoms with Gasteiger partial charge in [0.25, 0.3) is 0 Å². The molecule has 3 nitrogen and oxygen atoms in total. The predicted octanol–water partition coefficient (Wildman–Crippen LogP) is 14.2. The van der Waals surface area contributed by atoms with E-state index in [2.05, 4.69) is 162 Å². The van der Waals surface area contributed by atoms with Gasteiger partial charge < -0.3 is 13.6 Å². The fourth-order valence-electron chi connectivity index (χ4n) is 7.93. The van der Waals surface area contributed by atoms with Gasteiger partial charge in [0.15, 0.2) is 0 Å². The van der Waals surface area contributed by atoms with Crippen molar-refractivity contribution in [3.63, 3.8) is 0 Å². The van der Waals surface area contributed by atoms with Crippen LogP contribution in [0, 0.1) is 0 Å². The van der Waals surface area contributed by atoms with Gasteiger partial charge in [-0.2, -0.15) is 0 Å². The van der Waals surface area contributed by atoms with E-state index in [0.29, 0.717) is 0 Å². The summed E-state index contributed by atoms with van der Waals surface area (Å²) in [5.74, 6) is 0. The van der Waals surface area contributed by atoms with Crippen LogP contribution in [-0.4, -0.2) is 9.13 Å². The molecule has 7 aromatic carbocycles. The summed E-state index contributed by atoms with van der Waals surface area (Å²) in [5.41, 5.74) is 13.3. The van der Waals surface area contributed by atoms with E-state index in [9.17, 15) is 0 Å². The highest BCUT2D eigenvalue weighted by molar-refractivity contribution is 6.13. The van der Waals surface area contributed by atoms with Gasteiger partial charge in [-0.1, -0.05) is 124 Å². The number of hydrogen-bond acceptors (Lipinski definition) is 1. The third-order valence-corrected chi connectivity index (χ3v) is 10.3. The summed E-state index contributed by atoms with van der Waals surface area (Å²) >= 11 is 0. The summed E-state index contributed by atoms with van der Waals surface area (Å²) in [6.45, 7) is 11.8. The Morgan fingerprint density at radius 1 is 0.472 bits per heavy atom. The average molecular weight is 683 g/mol. The zero-order valence-corrected chi connectivity index (χ0v) is 29.9. The van der Waals surface area contributed by atoms with Crippen LogP contribution in [-0.2, 0) is 0 Å². The molecule has 0 saturated carbocycles. The van der Waals surface area contributed by atoms with Crippen molar-refractivity contribution in [1.82, 2.24) is 9.13 Å². The van der Waals surface area contributed by atoms with Crippen LogP contribution in [0.4, 0.5) is 0 Å². The second-order valence-corrected chi connectivity index (χ2v) is 13.1. The van der Waals surface area contributed by atoms with Gasteiger partial charge in [-0.15, -0.1) is 0 Å². The van der Waals surface area contributed by atoms with Crippen molar-refractivity contribution in [3.8, 4) is 22.5 Å². The van der Waals surface area contributed by atoms with Crippen LogP contribution in [0.1, 0.15) is 19.4 Å². The van der Waals surface area contributed by atoms with Crippen LogP contribution in [0.15, 0.2) is 187 Å². The van der Waals surface area contributed by atoms with Gasteiger partial charge >= 0.3 is 0 Å².